The van der Waals surface area contributed by atoms with Gasteiger partial charge in [0.05, 0.1) is 25.4 Å². The van der Waals surface area contributed by atoms with E-state index >= 15 is 0 Å². The molecule has 13 heteroatoms. The van der Waals surface area contributed by atoms with Crippen LogP contribution in [-0.4, -0.2) is 64.6 Å². The number of benzene rings is 2. The smallest absolute Gasteiger partial charge is 0.379 e. The minimum atomic E-state index is -4.96. The molecule has 2 aromatic carbocycles. The van der Waals surface area contributed by atoms with Gasteiger partial charge in [-0.25, -0.2) is 9.07 Å². The van der Waals surface area contributed by atoms with E-state index in [1.165, 1.54) is 24.3 Å². The third-order valence-corrected chi connectivity index (χ3v) is 5.12. The first-order valence-electron chi connectivity index (χ1n) is 10.5. The van der Waals surface area contributed by atoms with E-state index in [9.17, 15) is 27.2 Å². The third kappa shape index (κ3) is 6.00. The predicted octanol–water partition coefficient (Wildman–Crippen LogP) is 2.95. The maximum absolute atomic E-state index is 13.7. The zero-order valence-electron chi connectivity index (χ0n) is 18.2. The number of aromatic nitrogens is 3. The van der Waals surface area contributed by atoms with Gasteiger partial charge >= 0.3 is 6.18 Å². The number of carbonyl (C=O) groups is 2. The normalized spacial score (nSPS) is 14.5. The van der Waals surface area contributed by atoms with Crippen LogP contribution >= 0.6 is 0 Å². The highest BCUT2D eigenvalue weighted by molar-refractivity contribution is 6.04. The number of anilines is 2. The number of hydrogen-bond acceptors (Lipinski definition) is 6. The number of amides is 2. The fourth-order valence-corrected chi connectivity index (χ4v) is 3.44. The van der Waals surface area contributed by atoms with E-state index in [2.05, 4.69) is 20.9 Å². The van der Waals surface area contributed by atoms with E-state index in [1.54, 1.807) is 0 Å². The molecule has 2 amide bonds. The van der Waals surface area contributed by atoms with Crippen LogP contribution in [0.15, 0.2) is 48.5 Å². The lowest BCUT2D eigenvalue weighted by atomic mass is 10.2. The summed E-state index contributed by atoms with van der Waals surface area (Å²) in [5, 5.41) is 11.9. The van der Waals surface area contributed by atoms with E-state index in [0.29, 0.717) is 36.7 Å². The van der Waals surface area contributed by atoms with Gasteiger partial charge in [0.1, 0.15) is 5.82 Å². The Labute approximate surface area is 196 Å². The predicted molar refractivity (Wildman–Crippen MR) is 117 cm³/mol. The molecule has 3 aromatic rings. The van der Waals surface area contributed by atoms with Crippen LogP contribution in [0.2, 0.25) is 0 Å². The molecule has 9 nitrogen and oxygen atoms in total. The molecular weight excluding hydrogens is 472 g/mol. The van der Waals surface area contributed by atoms with Crippen LogP contribution in [-0.2, 0) is 15.7 Å². The summed E-state index contributed by atoms with van der Waals surface area (Å²) < 4.78 is 60.1. The van der Waals surface area contributed by atoms with Gasteiger partial charge in [-0.1, -0.05) is 5.21 Å². The highest BCUT2D eigenvalue weighted by atomic mass is 19.4. The number of rotatable bonds is 6. The number of morpholine rings is 1. The van der Waals surface area contributed by atoms with Gasteiger partial charge in [-0.05, 0) is 48.5 Å². The van der Waals surface area contributed by atoms with E-state index < -0.39 is 29.3 Å². The third-order valence-electron chi connectivity index (χ3n) is 5.12. The number of nitrogens with zero attached hydrogens (tertiary/aromatic N) is 4. The molecular formula is C22H20F4N6O3. The standard InChI is InChI=1S/C22H20F4N6O3/c23-14-1-7-17(8-2-14)32-20(22(24,25)26)19(29-30-32)21(34)28-16-5-3-15(4-6-16)27-18(33)13-31-9-11-35-12-10-31/h1-8H,9-13H2,(H,27,33)(H,28,34). The first-order chi connectivity index (χ1) is 16.7. The maximum Gasteiger partial charge on any atom is 0.435 e. The number of nitrogens with one attached hydrogen (secondary N) is 2. The summed E-state index contributed by atoms with van der Waals surface area (Å²) in [6, 6.07) is 10.00. The van der Waals surface area contributed by atoms with Crippen molar-refractivity contribution < 1.29 is 31.9 Å². The summed E-state index contributed by atoms with van der Waals surface area (Å²) in [6.07, 6.45) is -4.96. The number of alkyl halides is 3. The Bertz CT molecular complexity index is 1190. The van der Waals surface area contributed by atoms with Crippen molar-refractivity contribution in [2.24, 2.45) is 0 Å². The average Bonchev–Trinajstić information content (AvgIpc) is 3.28. The number of hydrogen-bond donors (Lipinski definition) is 2. The molecule has 4 rings (SSSR count). The van der Waals surface area contributed by atoms with Crippen LogP contribution in [0, 0.1) is 5.82 Å². The minimum Gasteiger partial charge on any atom is -0.379 e. The van der Waals surface area contributed by atoms with Crippen molar-refractivity contribution in [1.29, 1.82) is 0 Å². The van der Waals surface area contributed by atoms with Crippen molar-refractivity contribution in [2.75, 3.05) is 43.5 Å². The molecule has 1 aromatic heterocycles. The lowest BCUT2D eigenvalue weighted by molar-refractivity contribution is -0.143. The van der Waals surface area contributed by atoms with Crippen molar-refractivity contribution in [1.82, 2.24) is 19.9 Å². The Kier molecular flexibility index (Phi) is 7.07. The second-order valence-electron chi connectivity index (χ2n) is 7.64. The Balaban J connectivity index is 1.45. The van der Waals surface area contributed by atoms with Gasteiger partial charge in [0.25, 0.3) is 5.91 Å². The fourth-order valence-electron chi connectivity index (χ4n) is 3.44. The Morgan fingerprint density at radius 1 is 0.943 bits per heavy atom. The van der Waals surface area contributed by atoms with Crippen molar-refractivity contribution in [3.8, 4) is 5.69 Å². The molecule has 0 unspecified atom stereocenters. The second-order valence-corrected chi connectivity index (χ2v) is 7.64. The van der Waals surface area contributed by atoms with Gasteiger partial charge < -0.3 is 15.4 Å². The Hall–Kier alpha value is -3.84. The average molecular weight is 492 g/mol. The van der Waals surface area contributed by atoms with Crippen molar-refractivity contribution in [2.45, 2.75) is 6.18 Å². The van der Waals surface area contributed by atoms with E-state index in [4.69, 9.17) is 4.74 Å². The molecule has 0 bridgehead atoms. The first-order valence-corrected chi connectivity index (χ1v) is 10.5. The van der Waals surface area contributed by atoms with Crippen molar-refractivity contribution in [3.05, 3.63) is 65.7 Å². The van der Waals surface area contributed by atoms with Gasteiger partial charge in [-0.3, -0.25) is 14.5 Å². The molecule has 35 heavy (non-hydrogen) atoms. The number of carbonyl (C=O) groups excluding carboxylic acids is 2. The number of halogens is 4. The Morgan fingerprint density at radius 3 is 2.14 bits per heavy atom. The summed E-state index contributed by atoms with van der Waals surface area (Å²) in [5.74, 6) is -1.99. The van der Waals surface area contributed by atoms with Gasteiger partial charge in [0, 0.05) is 24.5 Å². The van der Waals surface area contributed by atoms with Crippen LogP contribution in [0.5, 0.6) is 0 Å². The second kappa shape index (κ2) is 10.2. The van der Waals surface area contributed by atoms with Crippen molar-refractivity contribution in [3.63, 3.8) is 0 Å². The van der Waals surface area contributed by atoms with Gasteiger partial charge in [-0.2, -0.15) is 13.2 Å². The van der Waals surface area contributed by atoms with E-state index in [0.717, 1.165) is 24.3 Å². The molecule has 0 radical (unpaired) electrons. The summed E-state index contributed by atoms with van der Waals surface area (Å²) in [6.45, 7) is 2.64. The van der Waals surface area contributed by atoms with Crippen LogP contribution in [0.25, 0.3) is 5.69 Å². The SMILES string of the molecule is O=C(CN1CCOCC1)Nc1ccc(NC(=O)c2nnn(-c3ccc(F)cc3)c2C(F)(F)F)cc1. The fraction of sp³-hybridized carbons (Fsp3) is 0.273. The van der Waals surface area contributed by atoms with Crippen LogP contribution < -0.4 is 10.6 Å². The van der Waals surface area contributed by atoms with E-state index in [1.807, 2.05) is 4.90 Å². The number of ether oxygens (including phenoxy) is 1. The van der Waals surface area contributed by atoms with Crippen LogP contribution in [0.1, 0.15) is 16.2 Å². The molecule has 1 aliphatic heterocycles. The molecule has 0 atom stereocenters. The summed E-state index contributed by atoms with van der Waals surface area (Å²) >= 11 is 0. The lowest BCUT2D eigenvalue weighted by Crippen LogP contribution is -2.41. The molecule has 0 aliphatic carbocycles. The highest BCUT2D eigenvalue weighted by Gasteiger charge is 2.42. The lowest BCUT2D eigenvalue weighted by Gasteiger charge is -2.25. The summed E-state index contributed by atoms with van der Waals surface area (Å²) in [4.78, 5) is 26.7. The quantitative estimate of drug-likeness (QED) is 0.514. The van der Waals surface area contributed by atoms with Gasteiger partial charge in [-0.15, -0.1) is 5.10 Å². The first kappa shape index (κ1) is 24.3. The molecule has 2 N–H and O–H groups in total. The van der Waals surface area contributed by atoms with E-state index in [-0.39, 0.29) is 23.8 Å². The zero-order chi connectivity index (χ0) is 25.0. The van der Waals surface area contributed by atoms with Crippen LogP contribution in [0.3, 0.4) is 0 Å². The summed E-state index contributed by atoms with van der Waals surface area (Å²) in [7, 11) is 0. The van der Waals surface area contributed by atoms with Gasteiger partial charge in [0.2, 0.25) is 5.91 Å². The van der Waals surface area contributed by atoms with Crippen molar-refractivity contribution >= 4 is 23.2 Å². The topological polar surface area (TPSA) is 101 Å². The molecule has 184 valence electrons. The molecule has 0 saturated carbocycles. The van der Waals surface area contributed by atoms with Crippen LogP contribution in [0.4, 0.5) is 28.9 Å². The monoisotopic (exact) mass is 492 g/mol. The largest absolute Gasteiger partial charge is 0.435 e. The molecule has 1 aliphatic rings. The molecule has 1 saturated heterocycles. The highest BCUT2D eigenvalue weighted by Crippen LogP contribution is 2.33. The van der Waals surface area contributed by atoms with Gasteiger partial charge in [0.15, 0.2) is 11.4 Å². The molecule has 1 fully saturated rings. The maximum atomic E-state index is 13.7. The zero-order valence-corrected chi connectivity index (χ0v) is 18.2. The Morgan fingerprint density at radius 2 is 1.54 bits per heavy atom. The molecule has 0 spiro atoms. The summed E-state index contributed by atoms with van der Waals surface area (Å²) in [5.41, 5.74) is -1.80. The minimum absolute atomic E-state index is 0.109. The molecule has 2 heterocycles.